The van der Waals surface area contributed by atoms with Crippen molar-refractivity contribution in [2.24, 2.45) is 0 Å². The molecule has 2 amide bonds. The predicted octanol–water partition coefficient (Wildman–Crippen LogP) is 0.0395. The van der Waals surface area contributed by atoms with Crippen LogP contribution >= 0.6 is 0 Å². The Bertz CT molecular complexity index is 278. The number of carbonyl (C=O) groups excluding carboxylic acids is 1. The van der Waals surface area contributed by atoms with Crippen LogP contribution in [0.25, 0.3) is 0 Å². The number of aliphatic carboxylic acids is 1. The minimum Gasteiger partial charge on any atom is -0.480 e. The van der Waals surface area contributed by atoms with Crippen molar-refractivity contribution in [1.82, 2.24) is 10.2 Å². The molecule has 0 aliphatic carbocycles. The van der Waals surface area contributed by atoms with Gasteiger partial charge in [0.2, 0.25) is 0 Å². The number of likely N-dealkylation sites (N-methyl/N-ethyl adjacent to an activating group) is 1. The Morgan fingerprint density at radius 3 is 2.38 bits per heavy atom. The van der Waals surface area contributed by atoms with Gasteiger partial charge in [-0.1, -0.05) is 12.2 Å². The third kappa shape index (κ3) is 4.79. The maximum atomic E-state index is 11.6. The second-order valence-corrected chi connectivity index (χ2v) is 3.49. The molecular weight excluding hydrogens is 212 g/mol. The summed E-state index contributed by atoms with van der Waals surface area (Å²) in [5.74, 6) is -1.26. The number of carboxylic acid groups (broad SMARTS) is 1. The molecule has 6 heteroatoms. The third-order valence-corrected chi connectivity index (χ3v) is 1.91. The van der Waals surface area contributed by atoms with Crippen molar-refractivity contribution in [2.45, 2.75) is 19.9 Å². The summed E-state index contributed by atoms with van der Waals surface area (Å²) in [4.78, 5) is 23.6. The number of hydrogen-bond acceptors (Lipinski definition) is 3. The Morgan fingerprint density at radius 1 is 1.50 bits per heavy atom. The highest BCUT2D eigenvalue weighted by Gasteiger charge is 2.21. The van der Waals surface area contributed by atoms with E-state index in [-0.39, 0.29) is 0 Å². The molecule has 0 rings (SSSR count). The summed E-state index contributed by atoms with van der Waals surface area (Å²) in [6.45, 7) is 7.39. The molecule has 92 valence electrons. The molecule has 0 aromatic rings. The van der Waals surface area contributed by atoms with E-state index in [1.807, 2.05) is 0 Å². The van der Waals surface area contributed by atoms with Gasteiger partial charge in [-0.25, -0.2) is 9.59 Å². The average Bonchev–Trinajstić information content (AvgIpc) is 2.21. The Balaban J connectivity index is 4.40. The van der Waals surface area contributed by atoms with E-state index in [9.17, 15) is 9.59 Å². The first-order valence-corrected chi connectivity index (χ1v) is 4.95. The summed E-state index contributed by atoms with van der Waals surface area (Å²) in [5, 5.41) is 19.6. The van der Waals surface area contributed by atoms with Crippen LogP contribution in [0.15, 0.2) is 12.2 Å². The van der Waals surface area contributed by atoms with Gasteiger partial charge in [-0.05, 0) is 13.8 Å². The van der Waals surface area contributed by atoms with Crippen LogP contribution in [0, 0.1) is 0 Å². The Hall–Kier alpha value is -1.56. The fraction of sp³-hybridized carbons (Fsp3) is 0.600. The number of nitrogens with one attached hydrogen (secondary N) is 1. The molecule has 0 aromatic carbocycles. The molecule has 16 heavy (non-hydrogen) atoms. The standard InChI is InChI=1S/C10H18N2O4/c1-4-12(5-7(2)3)10(16)11-8(6-13)9(14)15/h8,13H,2,4-6H2,1,3H3,(H,11,16)(H,14,15)/t8-/m0/s1. The highest BCUT2D eigenvalue weighted by atomic mass is 16.4. The highest BCUT2D eigenvalue weighted by molar-refractivity contribution is 5.82. The lowest BCUT2D eigenvalue weighted by Gasteiger charge is -2.23. The van der Waals surface area contributed by atoms with Gasteiger partial charge in [0.25, 0.3) is 0 Å². The first-order chi connectivity index (χ1) is 7.42. The second kappa shape index (κ2) is 6.84. The Labute approximate surface area is 94.6 Å². The summed E-state index contributed by atoms with van der Waals surface area (Å²) in [6, 6.07) is -1.79. The van der Waals surface area contributed by atoms with Crippen LogP contribution in [0.2, 0.25) is 0 Å². The van der Waals surface area contributed by atoms with Crippen molar-refractivity contribution in [3.05, 3.63) is 12.2 Å². The van der Waals surface area contributed by atoms with E-state index in [4.69, 9.17) is 10.2 Å². The molecule has 0 aliphatic rings. The molecule has 0 aliphatic heterocycles. The number of amides is 2. The van der Waals surface area contributed by atoms with E-state index < -0.39 is 24.6 Å². The number of urea groups is 1. The lowest BCUT2D eigenvalue weighted by atomic mass is 10.3. The van der Waals surface area contributed by atoms with E-state index in [0.717, 1.165) is 5.57 Å². The van der Waals surface area contributed by atoms with E-state index >= 15 is 0 Å². The molecule has 6 nitrogen and oxygen atoms in total. The number of rotatable bonds is 6. The van der Waals surface area contributed by atoms with Gasteiger partial charge in [0.1, 0.15) is 0 Å². The molecule has 1 atom stereocenters. The average molecular weight is 230 g/mol. The number of nitrogens with zero attached hydrogens (tertiary/aromatic N) is 1. The fourth-order valence-corrected chi connectivity index (χ4v) is 1.08. The number of aliphatic hydroxyl groups excluding tert-OH is 1. The summed E-state index contributed by atoms with van der Waals surface area (Å²) >= 11 is 0. The maximum Gasteiger partial charge on any atom is 0.328 e. The number of hydrogen-bond donors (Lipinski definition) is 3. The van der Waals surface area contributed by atoms with Gasteiger partial charge in [-0.3, -0.25) is 0 Å². The van der Waals surface area contributed by atoms with E-state index in [2.05, 4.69) is 11.9 Å². The molecule has 3 N–H and O–H groups in total. The van der Waals surface area contributed by atoms with Crippen LogP contribution < -0.4 is 5.32 Å². The summed E-state index contributed by atoms with van der Waals surface area (Å²) in [5.41, 5.74) is 0.799. The topological polar surface area (TPSA) is 89.9 Å². The highest BCUT2D eigenvalue weighted by Crippen LogP contribution is 1.97. The summed E-state index contributed by atoms with van der Waals surface area (Å²) in [7, 11) is 0. The minimum atomic E-state index is -1.27. The smallest absolute Gasteiger partial charge is 0.328 e. The van der Waals surface area contributed by atoms with Gasteiger partial charge in [0.15, 0.2) is 6.04 Å². The lowest BCUT2D eigenvalue weighted by molar-refractivity contribution is -0.140. The van der Waals surface area contributed by atoms with Crippen molar-refractivity contribution < 1.29 is 19.8 Å². The second-order valence-electron chi connectivity index (χ2n) is 3.49. The van der Waals surface area contributed by atoms with Crippen molar-refractivity contribution >= 4 is 12.0 Å². The molecule has 0 unspecified atom stereocenters. The molecule has 0 spiro atoms. The summed E-state index contributed by atoms with van der Waals surface area (Å²) in [6.07, 6.45) is 0. The number of aliphatic hydroxyl groups is 1. The SMILES string of the molecule is C=C(C)CN(CC)C(=O)N[C@@H](CO)C(=O)O. The molecule has 0 bridgehead atoms. The van der Waals surface area contributed by atoms with Crippen molar-refractivity contribution in [1.29, 1.82) is 0 Å². The van der Waals surface area contributed by atoms with Gasteiger partial charge in [0.05, 0.1) is 6.61 Å². The normalized spacial score (nSPS) is 11.7. The Kier molecular flexibility index (Phi) is 6.17. The van der Waals surface area contributed by atoms with Crippen LogP contribution in [0.4, 0.5) is 4.79 Å². The number of carbonyl (C=O) groups is 2. The van der Waals surface area contributed by atoms with Gasteiger partial charge in [-0.15, -0.1) is 0 Å². The van der Waals surface area contributed by atoms with Crippen LogP contribution in [-0.2, 0) is 4.79 Å². The van der Waals surface area contributed by atoms with Crippen molar-refractivity contribution in [2.75, 3.05) is 19.7 Å². The van der Waals surface area contributed by atoms with Crippen LogP contribution in [0.1, 0.15) is 13.8 Å². The largest absolute Gasteiger partial charge is 0.480 e. The first-order valence-electron chi connectivity index (χ1n) is 4.95. The van der Waals surface area contributed by atoms with Crippen molar-refractivity contribution in [3.63, 3.8) is 0 Å². The van der Waals surface area contributed by atoms with Gasteiger partial charge >= 0.3 is 12.0 Å². The van der Waals surface area contributed by atoms with Gasteiger partial charge < -0.3 is 20.4 Å². The molecule has 0 saturated heterocycles. The zero-order chi connectivity index (χ0) is 12.7. The van der Waals surface area contributed by atoms with Gasteiger partial charge in [0, 0.05) is 13.1 Å². The minimum absolute atomic E-state index is 0.361. The van der Waals surface area contributed by atoms with E-state index in [1.54, 1.807) is 13.8 Å². The van der Waals surface area contributed by atoms with Gasteiger partial charge in [-0.2, -0.15) is 0 Å². The molecule has 0 saturated carbocycles. The summed E-state index contributed by atoms with van der Waals surface area (Å²) < 4.78 is 0. The predicted molar refractivity (Wildman–Crippen MR) is 59.1 cm³/mol. The molecular formula is C10H18N2O4. The molecule has 0 heterocycles. The monoisotopic (exact) mass is 230 g/mol. The molecule has 0 fully saturated rings. The molecule has 0 aromatic heterocycles. The van der Waals surface area contributed by atoms with E-state index in [0.29, 0.717) is 13.1 Å². The zero-order valence-electron chi connectivity index (χ0n) is 9.56. The zero-order valence-corrected chi connectivity index (χ0v) is 9.56. The maximum absolute atomic E-state index is 11.6. The first kappa shape index (κ1) is 14.4. The van der Waals surface area contributed by atoms with Crippen LogP contribution in [0.5, 0.6) is 0 Å². The third-order valence-electron chi connectivity index (χ3n) is 1.91. The Morgan fingerprint density at radius 2 is 2.06 bits per heavy atom. The number of carboxylic acids is 1. The van der Waals surface area contributed by atoms with E-state index in [1.165, 1.54) is 4.90 Å². The van der Waals surface area contributed by atoms with Crippen LogP contribution in [0.3, 0.4) is 0 Å². The van der Waals surface area contributed by atoms with Crippen LogP contribution in [-0.4, -0.2) is 52.9 Å². The van der Waals surface area contributed by atoms with Crippen molar-refractivity contribution in [3.8, 4) is 0 Å². The quantitative estimate of drug-likeness (QED) is 0.562. The fourth-order valence-electron chi connectivity index (χ4n) is 1.08. The molecule has 0 radical (unpaired) electrons. The lowest BCUT2D eigenvalue weighted by Crippen LogP contribution is -2.49.